The molecule has 200 valence electrons. The summed E-state index contributed by atoms with van der Waals surface area (Å²) in [4.78, 5) is 4.35. The van der Waals surface area contributed by atoms with Crippen molar-refractivity contribution in [2.45, 2.75) is 44.9 Å². The van der Waals surface area contributed by atoms with E-state index < -0.39 is 39.7 Å². The Morgan fingerprint density at radius 1 is 0.711 bits per heavy atom. The Kier molecular flexibility index (Phi) is 12.7. The van der Waals surface area contributed by atoms with Crippen LogP contribution in [-0.2, 0) is 23.5 Å². The largest absolute Gasteiger partial charge is 0.374 e. The van der Waals surface area contributed by atoms with Crippen molar-refractivity contribution < 1.29 is 23.0 Å². The molecule has 4 rings (SSSR count). The van der Waals surface area contributed by atoms with Gasteiger partial charge in [0.25, 0.3) is 0 Å². The minimum absolute atomic E-state index is 0.567. The molecule has 6 heteroatoms. The molecule has 1 heterocycles. The van der Waals surface area contributed by atoms with Crippen LogP contribution in [0.2, 0.25) is 39.3 Å². The summed E-state index contributed by atoms with van der Waals surface area (Å²) in [5, 5.41) is 11.4. The van der Waals surface area contributed by atoms with Crippen LogP contribution in [0.15, 0.2) is 119 Å². The molecular formula is C32H41N2OSi2W-. The van der Waals surface area contributed by atoms with Gasteiger partial charge in [-0.25, -0.2) is 0 Å². The van der Waals surface area contributed by atoms with Gasteiger partial charge in [0.1, 0.15) is 0 Å². The summed E-state index contributed by atoms with van der Waals surface area (Å²) < 4.78 is 7.17. The minimum atomic E-state index is -1.23. The van der Waals surface area contributed by atoms with Gasteiger partial charge in [-0.2, -0.15) is 0 Å². The van der Waals surface area contributed by atoms with Gasteiger partial charge in [0.05, 0.1) is 5.69 Å². The molecule has 0 fully saturated rings. The third-order valence-electron chi connectivity index (χ3n) is 4.74. The van der Waals surface area contributed by atoms with Gasteiger partial charge in [-0.15, -0.1) is 8.07 Å². The number of hydrogen-bond acceptors (Lipinski definition) is 3. The van der Waals surface area contributed by atoms with Gasteiger partial charge in [-0.1, -0.05) is 86.4 Å². The van der Waals surface area contributed by atoms with Gasteiger partial charge < -0.3 is 11.7 Å². The topological polar surface area (TPSA) is 45.5 Å². The van der Waals surface area contributed by atoms with Gasteiger partial charge in [0, 0.05) is 6.20 Å². The second-order valence-electron chi connectivity index (χ2n) is 11.2. The molecule has 4 aromatic rings. The van der Waals surface area contributed by atoms with Gasteiger partial charge in [0.15, 0.2) is 5.60 Å². The van der Waals surface area contributed by atoms with Crippen LogP contribution in [0.3, 0.4) is 0 Å². The predicted octanol–water partition coefficient (Wildman–Crippen LogP) is 8.33. The van der Waals surface area contributed by atoms with Crippen molar-refractivity contribution in [1.29, 1.82) is 0 Å². The summed E-state index contributed by atoms with van der Waals surface area (Å²) in [7, 11) is -1.82. The summed E-state index contributed by atoms with van der Waals surface area (Å²) in [5.41, 5.74) is 2.17. The van der Waals surface area contributed by atoms with Crippen molar-refractivity contribution in [2.24, 2.45) is 3.50 Å². The number of aliphatic hydroxyl groups is 1. The summed E-state index contributed by atoms with van der Waals surface area (Å²) in [6.07, 6.45) is 1.70. The Hall–Kier alpha value is -2.44. The predicted molar refractivity (Wildman–Crippen MR) is 166 cm³/mol. The van der Waals surface area contributed by atoms with E-state index >= 15 is 0 Å². The van der Waals surface area contributed by atoms with E-state index in [4.69, 9.17) is 0 Å². The Bertz CT molecular complexity index is 1160. The maximum absolute atomic E-state index is 11.4. The molecule has 0 atom stereocenters. The van der Waals surface area contributed by atoms with E-state index in [0.717, 1.165) is 16.8 Å². The van der Waals surface area contributed by atoms with Gasteiger partial charge in [-0.3, -0.25) is 4.98 Å². The zero-order valence-corrected chi connectivity index (χ0v) is 28.4. The molecule has 0 saturated heterocycles. The van der Waals surface area contributed by atoms with E-state index in [2.05, 4.69) is 70.5 Å². The molecule has 0 radical (unpaired) electrons. The molecule has 1 aromatic heterocycles. The molecule has 0 bridgehead atoms. The molecule has 0 amide bonds. The molecule has 3 nitrogen and oxygen atoms in total. The first kappa shape index (κ1) is 31.8. The van der Waals surface area contributed by atoms with Crippen LogP contribution >= 0.6 is 0 Å². The van der Waals surface area contributed by atoms with Crippen LogP contribution in [0.25, 0.3) is 0 Å². The smallest absolute Gasteiger partial charge is 0.157 e. The van der Waals surface area contributed by atoms with E-state index in [1.165, 1.54) is 0 Å². The average Bonchev–Trinajstić information content (AvgIpc) is 2.89. The fraction of sp³-hybridized carbons (Fsp3) is 0.219. The first-order chi connectivity index (χ1) is 17.9. The summed E-state index contributed by atoms with van der Waals surface area (Å²) in [6.45, 7) is 17.7. The second kappa shape index (κ2) is 15.2. The normalized spacial score (nSPS) is 11.2. The SMILES string of the molecule is C[Si](C)(C)[CH]=[W]=[N]c1ccccc1.OC(c1ccccc1)(c1ccccc1)c1ccccn1.[CH2-][Si](C)(C)C. The van der Waals surface area contributed by atoms with E-state index in [-0.39, 0.29) is 0 Å². The number of rotatable bonds is 5. The summed E-state index contributed by atoms with van der Waals surface area (Å²) >= 11 is -0.567. The molecule has 0 aliphatic heterocycles. The van der Waals surface area contributed by atoms with Crippen molar-refractivity contribution in [3.05, 3.63) is 139 Å². The third kappa shape index (κ3) is 12.0. The quantitative estimate of drug-likeness (QED) is 0.167. The Labute approximate surface area is 240 Å². The van der Waals surface area contributed by atoms with Crippen molar-refractivity contribution in [3.63, 3.8) is 0 Å². The van der Waals surface area contributed by atoms with Crippen molar-refractivity contribution >= 4 is 25.9 Å². The van der Waals surface area contributed by atoms with Crippen molar-refractivity contribution in [1.82, 2.24) is 4.98 Å². The first-order valence-electron chi connectivity index (χ1n) is 12.8. The van der Waals surface area contributed by atoms with E-state index in [0.29, 0.717) is 5.69 Å². The van der Waals surface area contributed by atoms with Crippen molar-refractivity contribution in [2.75, 3.05) is 0 Å². The molecule has 0 saturated carbocycles. The molecule has 0 aliphatic rings. The van der Waals surface area contributed by atoms with Crippen LogP contribution < -0.4 is 0 Å². The maximum atomic E-state index is 11.4. The Morgan fingerprint density at radius 2 is 1.13 bits per heavy atom. The zero-order valence-electron chi connectivity index (χ0n) is 23.5. The number of aromatic nitrogens is 1. The number of nitrogens with zero attached hydrogens (tertiary/aromatic N) is 2. The maximum Gasteiger partial charge on any atom is 0.157 e. The molecule has 3 aromatic carbocycles. The first-order valence-corrected chi connectivity index (χ1v) is 23.1. The van der Waals surface area contributed by atoms with Crippen LogP contribution in [0.5, 0.6) is 0 Å². The van der Waals surface area contributed by atoms with E-state index in [1.807, 2.05) is 97.1 Å². The molecular weight excluding hydrogens is 668 g/mol. The molecule has 0 unspecified atom stereocenters. The van der Waals surface area contributed by atoms with E-state index in [9.17, 15) is 5.11 Å². The van der Waals surface area contributed by atoms with Gasteiger partial charge >= 0.3 is 89.2 Å². The standard InChI is InChI=1S/C18H15NO.C6H5N.C4H11Si.C4H10Si.W/c20-18(15-9-3-1-4-10-15,16-11-5-2-6-12-16)17-13-7-8-14-19-17;7-6-4-2-1-3-5-6;2*1-5(2,3)4;/h1-14,20H;1-5H;1H2,2-4H3;1H,2-4H3;/q;;-1;;. The van der Waals surface area contributed by atoms with Gasteiger partial charge in [-0.05, 0) is 23.3 Å². The van der Waals surface area contributed by atoms with Gasteiger partial charge in [0.2, 0.25) is 0 Å². The zero-order chi connectivity index (χ0) is 28.1. The number of pyridine rings is 1. The molecule has 1 N–H and O–H groups in total. The van der Waals surface area contributed by atoms with Crippen LogP contribution in [0.1, 0.15) is 16.8 Å². The summed E-state index contributed by atoms with van der Waals surface area (Å²) in [5.74, 6) is 0. The fourth-order valence-electron chi connectivity index (χ4n) is 3.13. The molecule has 0 spiro atoms. The average molecular weight is 710 g/mol. The van der Waals surface area contributed by atoms with E-state index in [1.54, 1.807) is 6.20 Å². The second-order valence-corrected chi connectivity index (χ2v) is 25.3. The van der Waals surface area contributed by atoms with Crippen LogP contribution in [-0.4, -0.2) is 30.3 Å². The number of hydrogen-bond donors (Lipinski definition) is 1. The van der Waals surface area contributed by atoms with Crippen LogP contribution in [0, 0.1) is 6.55 Å². The summed E-state index contributed by atoms with van der Waals surface area (Å²) in [6, 6.07) is 35.1. The number of benzene rings is 3. The van der Waals surface area contributed by atoms with Crippen LogP contribution in [0.4, 0.5) is 5.69 Å². The monoisotopic (exact) mass is 709 g/mol. The third-order valence-corrected chi connectivity index (χ3v) is 15.4. The Morgan fingerprint density at radius 3 is 1.53 bits per heavy atom. The van der Waals surface area contributed by atoms with Crippen molar-refractivity contribution in [3.8, 4) is 0 Å². The molecule has 0 aliphatic carbocycles. The molecule has 38 heavy (non-hydrogen) atoms. The Balaban J connectivity index is 0.000000242. The fourth-order valence-corrected chi connectivity index (χ4v) is 8.35. The minimum Gasteiger partial charge on any atom is -0.374 e.